The van der Waals surface area contributed by atoms with Gasteiger partial charge in [-0.3, -0.25) is 14.5 Å². The first-order valence-corrected chi connectivity index (χ1v) is 8.67. The molecule has 1 aromatic carbocycles. The summed E-state index contributed by atoms with van der Waals surface area (Å²) in [6, 6.07) is 6.61. The third-order valence-electron chi connectivity index (χ3n) is 4.75. The van der Waals surface area contributed by atoms with Crippen LogP contribution in [0.2, 0.25) is 0 Å². The minimum absolute atomic E-state index is 0.281. The third-order valence-corrected chi connectivity index (χ3v) is 4.75. The van der Waals surface area contributed by atoms with Crippen LogP contribution in [-0.2, 0) is 15.1 Å². The number of hydrogen-bond donors (Lipinski definition) is 1. The van der Waals surface area contributed by atoms with Gasteiger partial charge in [-0.15, -0.1) is 0 Å². The predicted molar refractivity (Wildman–Crippen MR) is 95.5 cm³/mol. The molecule has 0 aliphatic carbocycles. The van der Waals surface area contributed by atoms with Gasteiger partial charge in [0.05, 0.1) is 6.61 Å². The van der Waals surface area contributed by atoms with Gasteiger partial charge in [-0.25, -0.2) is 4.79 Å². The Morgan fingerprint density at radius 3 is 2.81 bits per heavy atom. The lowest BCUT2D eigenvalue weighted by Gasteiger charge is -2.33. The molecule has 0 saturated carbocycles. The molecule has 1 saturated heterocycles. The number of para-hydroxylation sites is 1. The second-order valence-corrected chi connectivity index (χ2v) is 6.69. The summed E-state index contributed by atoms with van der Waals surface area (Å²) < 4.78 is 5.60. The molecule has 138 valence electrons. The van der Waals surface area contributed by atoms with E-state index < -0.39 is 17.5 Å². The number of likely N-dealkylation sites (N-methyl/N-ethyl adjacent to an activating group) is 1. The molecule has 3 rings (SSSR count). The molecule has 2 aliphatic heterocycles. The Morgan fingerprint density at radius 1 is 1.38 bits per heavy atom. The van der Waals surface area contributed by atoms with Gasteiger partial charge < -0.3 is 15.0 Å². The van der Waals surface area contributed by atoms with Gasteiger partial charge in [0.15, 0.2) is 5.54 Å². The summed E-state index contributed by atoms with van der Waals surface area (Å²) in [5.74, 6) is -0.104. The first kappa shape index (κ1) is 18.0. The van der Waals surface area contributed by atoms with Crippen molar-refractivity contribution in [2.45, 2.75) is 25.8 Å². The fourth-order valence-electron chi connectivity index (χ4n) is 3.45. The summed E-state index contributed by atoms with van der Waals surface area (Å²) in [5.41, 5.74) is 0.318. The van der Waals surface area contributed by atoms with Crippen LogP contribution < -0.4 is 10.1 Å². The summed E-state index contributed by atoms with van der Waals surface area (Å²) in [4.78, 5) is 40.8. The average Bonchev–Trinajstić information content (AvgIpc) is 2.84. The SMILES string of the molecule is C=C(C)CN(CC)C(=O)CN1C(=O)N[C@]2(CCOc3ccccc32)C1=O. The summed E-state index contributed by atoms with van der Waals surface area (Å²) in [7, 11) is 0. The van der Waals surface area contributed by atoms with Gasteiger partial charge in [-0.1, -0.05) is 30.4 Å². The lowest BCUT2D eigenvalue weighted by molar-refractivity contribution is -0.139. The van der Waals surface area contributed by atoms with Gasteiger partial charge in [0.25, 0.3) is 5.91 Å². The lowest BCUT2D eigenvalue weighted by atomic mass is 9.84. The summed E-state index contributed by atoms with van der Waals surface area (Å²) in [6.07, 6.45) is 0.336. The van der Waals surface area contributed by atoms with Gasteiger partial charge in [-0.05, 0) is 19.9 Å². The minimum Gasteiger partial charge on any atom is -0.493 e. The van der Waals surface area contributed by atoms with Crippen molar-refractivity contribution in [2.24, 2.45) is 0 Å². The molecule has 2 heterocycles. The van der Waals surface area contributed by atoms with Gasteiger partial charge in [0.2, 0.25) is 5.91 Å². The Kier molecular flexibility index (Phi) is 4.71. The van der Waals surface area contributed by atoms with Crippen LogP contribution >= 0.6 is 0 Å². The maximum absolute atomic E-state index is 13.1. The number of carbonyl (C=O) groups excluding carboxylic acids is 3. The highest BCUT2D eigenvalue weighted by Gasteiger charge is 2.55. The van der Waals surface area contributed by atoms with Crippen molar-refractivity contribution in [3.63, 3.8) is 0 Å². The number of fused-ring (bicyclic) bond motifs is 2. The monoisotopic (exact) mass is 357 g/mol. The molecule has 1 fully saturated rings. The highest BCUT2D eigenvalue weighted by molar-refractivity contribution is 6.09. The second-order valence-electron chi connectivity index (χ2n) is 6.69. The maximum Gasteiger partial charge on any atom is 0.325 e. The molecule has 1 spiro atoms. The topological polar surface area (TPSA) is 79.0 Å². The van der Waals surface area contributed by atoms with Crippen LogP contribution in [0.1, 0.15) is 25.8 Å². The number of benzene rings is 1. The van der Waals surface area contributed by atoms with E-state index in [1.54, 1.807) is 23.1 Å². The maximum atomic E-state index is 13.1. The molecular formula is C19H23N3O4. The molecule has 7 heteroatoms. The number of urea groups is 1. The first-order valence-electron chi connectivity index (χ1n) is 8.67. The molecule has 0 bridgehead atoms. The first-order chi connectivity index (χ1) is 12.4. The molecule has 1 N–H and O–H groups in total. The molecular weight excluding hydrogens is 334 g/mol. The van der Waals surface area contributed by atoms with E-state index in [0.29, 0.717) is 37.4 Å². The zero-order valence-corrected chi connectivity index (χ0v) is 15.1. The van der Waals surface area contributed by atoms with E-state index in [4.69, 9.17) is 4.74 Å². The van der Waals surface area contributed by atoms with Crippen LogP contribution in [0.15, 0.2) is 36.4 Å². The molecule has 2 aliphatic rings. The van der Waals surface area contributed by atoms with Crippen molar-refractivity contribution < 1.29 is 19.1 Å². The number of imide groups is 1. The quantitative estimate of drug-likeness (QED) is 0.642. The third kappa shape index (κ3) is 2.94. The Hall–Kier alpha value is -2.83. The Morgan fingerprint density at radius 2 is 2.12 bits per heavy atom. The number of ether oxygens (including phenoxy) is 1. The molecule has 0 radical (unpaired) electrons. The largest absolute Gasteiger partial charge is 0.493 e. The molecule has 0 aromatic heterocycles. The van der Waals surface area contributed by atoms with E-state index in [-0.39, 0.29) is 12.5 Å². The highest BCUT2D eigenvalue weighted by Crippen LogP contribution is 2.40. The Labute approximate surface area is 152 Å². The molecule has 7 nitrogen and oxygen atoms in total. The van der Waals surface area contributed by atoms with Crippen molar-refractivity contribution in [3.05, 3.63) is 42.0 Å². The summed E-state index contributed by atoms with van der Waals surface area (Å²) in [5, 5.41) is 2.80. The van der Waals surface area contributed by atoms with Crippen LogP contribution in [0, 0.1) is 0 Å². The van der Waals surface area contributed by atoms with E-state index in [1.165, 1.54) is 0 Å². The highest BCUT2D eigenvalue weighted by atomic mass is 16.5. The van der Waals surface area contributed by atoms with Crippen LogP contribution in [0.4, 0.5) is 4.79 Å². The average molecular weight is 357 g/mol. The van der Waals surface area contributed by atoms with E-state index in [9.17, 15) is 14.4 Å². The fraction of sp³-hybridized carbons (Fsp3) is 0.421. The van der Waals surface area contributed by atoms with Gasteiger partial charge in [-0.2, -0.15) is 0 Å². The van der Waals surface area contributed by atoms with Crippen LogP contribution in [0.25, 0.3) is 0 Å². The van der Waals surface area contributed by atoms with Gasteiger partial charge >= 0.3 is 6.03 Å². The van der Waals surface area contributed by atoms with Crippen molar-refractivity contribution >= 4 is 17.8 Å². The molecule has 26 heavy (non-hydrogen) atoms. The Bertz CT molecular complexity index is 776. The lowest BCUT2D eigenvalue weighted by Crippen LogP contribution is -2.48. The molecule has 0 unspecified atom stereocenters. The normalized spacial score (nSPS) is 21.2. The summed E-state index contributed by atoms with van der Waals surface area (Å²) >= 11 is 0. The number of amides is 4. The van der Waals surface area contributed by atoms with E-state index in [2.05, 4.69) is 11.9 Å². The minimum atomic E-state index is -1.16. The van der Waals surface area contributed by atoms with Crippen molar-refractivity contribution in [1.82, 2.24) is 15.1 Å². The molecule has 1 aromatic rings. The van der Waals surface area contributed by atoms with E-state index in [0.717, 1.165) is 10.5 Å². The standard InChI is InChI=1S/C19H23N3O4/c1-4-21(11-13(2)3)16(23)12-22-17(24)19(20-18(22)25)9-10-26-15-8-6-5-7-14(15)19/h5-8H,2,4,9-12H2,1,3H3,(H,20,25)/t19-/m0/s1. The van der Waals surface area contributed by atoms with Crippen molar-refractivity contribution in [3.8, 4) is 5.75 Å². The van der Waals surface area contributed by atoms with E-state index >= 15 is 0 Å². The molecule has 4 amide bonds. The predicted octanol–water partition coefficient (Wildman–Crippen LogP) is 1.64. The summed E-state index contributed by atoms with van der Waals surface area (Å²) in [6.45, 7) is 8.42. The van der Waals surface area contributed by atoms with E-state index in [1.807, 2.05) is 19.9 Å². The zero-order valence-electron chi connectivity index (χ0n) is 15.1. The van der Waals surface area contributed by atoms with Crippen molar-refractivity contribution in [1.29, 1.82) is 0 Å². The van der Waals surface area contributed by atoms with Crippen LogP contribution in [-0.4, -0.2) is 53.9 Å². The molecule has 1 atom stereocenters. The van der Waals surface area contributed by atoms with Crippen LogP contribution in [0.5, 0.6) is 5.75 Å². The zero-order chi connectivity index (χ0) is 18.9. The number of nitrogens with zero attached hydrogens (tertiary/aromatic N) is 2. The van der Waals surface area contributed by atoms with Gasteiger partial charge in [0.1, 0.15) is 12.3 Å². The number of nitrogens with one attached hydrogen (secondary N) is 1. The van der Waals surface area contributed by atoms with Crippen molar-refractivity contribution in [2.75, 3.05) is 26.2 Å². The number of carbonyl (C=O) groups is 3. The second kappa shape index (κ2) is 6.82. The number of rotatable bonds is 5. The van der Waals surface area contributed by atoms with Gasteiger partial charge in [0, 0.05) is 25.1 Å². The Balaban J connectivity index is 1.84. The smallest absolute Gasteiger partial charge is 0.325 e. The van der Waals surface area contributed by atoms with Crippen LogP contribution in [0.3, 0.4) is 0 Å². The number of hydrogen-bond acceptors (Lipinski definition) is 4. The fourth-order valence-corrected chi connectivity index (χ4v) is 3.45.